The number of carbonyl (C=O) groups excluding carboxylic acids is 1. The zero-order valence-electron chi connectivity index (χ0n) is 22.1. The van der Waals surface area contributed by atoms with E-state index in [1.54, 1.807) is 0 Å². The number of rotatable bonds is 6. The molecule has 0 aromatic rings. The van der Waals surface area contributed by atoms with Gasteiger partial charge < -0.3 is 14.9 Å². The van der Waals surface area contributed by atoms with Crippen molar-refractivity contribution in [2.75, 3.05) is 0 Å². The summed E-state index contributed by atoms with van der Waals surface area (Å²) in [6, 6.07) is 0. The molecule has 4 saturated carbocycles. The molecule has 0 bridgehead atoms. The van der Waals surface area contributed by atoms with E-state index >= 15 is 0 Å². The molecule has 4 nitrogen and oxygen atoms in total. The molecule has 4 rings (SSSR count). The molecule has 0 saturated heterocycles. The maximum atomic E-state index is 12.1. The Hall–Kier alpha value is -0.610. The van der Waals surface area contributed by atoms with Crippen molar-refractivity contribution in [1.82, 2.24) is 0 Å². The highest BCUT2D eigenvalue weighted by atomic mass is 16.6. The average Bonchev–Trinajstić information content (AvgIpc) is 3.07. The van der Waals surface area contributed by atoms with E-state index in [1.807, 2.05) is 0 Å². The SMILES string of the molecule is CC(=O)O[C@@H]1C[C@H]2[C@H]3CC[C@H]([C@H](C)CCCC(C)C)[C@@]3(C)CC[C@H]2[C@@]2(C)CC[C@H](O)C[C@]12O. The number of ether oxygens (including phenoxy) is 1. The number of hydrogen-bond donors (Lipinski definition) is 2. The van der Waals surface area contributed by atoms with Crippen LogP contribution in [-0.2, 0) is 9.53 Å². The van der Waals surface area contributed by atoms with E-state index < -0.39 is 17.8 Å². The predicted octanol–water partition coefficient (Wildman–Crippen LogP) is 6.13. The number of hydrogen-bond acceptors (Lipinski definition) is 4. The fourth-order valence-electron chi connectivity index (χ4n) is 9.60. The van der Waals surface area contributed by atoms with E-state index in [1.165, 1.54) is 45.4 Å². The van der Waals surface area contributed by atoms with E-state index in [2.05, 4.69) is 34.6 Å². The Morgan fingerprint density at radius 2 is 1.76 bits per heavy atom. The van der Waals surface area contributed by atoms with Gasteiger partial charge in [0.25, 0.3) is 0 Å². The highest BCUT2D eigenvalue weighted by Gasteiger charge is 2.68. The monoisotopic (exact) mass is 462 g/mol. The van der Waals surface area contributed by atoms with E-state index in [0.717, 1.165) is 43.4 Å². The third kappa shape index (κ3) is 4.20. The van der Waals surface area contributed by atoms with Crippen molar-refractivity contribution in [3.63, 3.8) is 0 Å². The third-order valence-corrected chi connectivity index (χ3v) is 11.3. The molecule has 0 radical (unpaired) electrons. The van der Waals surface area contributed by atoms with E-state index in [0.29, 0.717) is 29.6 Å². The van der Waals surface area contributed by atoms with Crippen LogP contribution in [0.15, 0.2) is 0 Å². The number of aliphatic hydroxyl groups is 2. The summed E-state index contributed by atoms with van der Waals surface area (Å²) in [4.78, 5) is 12.1. The van der Waals surface area contributed by atoms with Gasteiger partial charge in [0.1, 0.15) is 11.7 Å². The maximum Gasteiger partial charge on any atom is 0.303 e. The van der Waals surface area contributed by atoms with Gasteiger partial charge in [-0.15, -0.1) is 0 Å². The zero-order chi connectivity index (χ0) is 24.2. The lowest BCUT2D eigenvalue weighted by atomic mass is 9.42. The molecule has 0 amide bonds. The van der Waals surface area contributed by atoms with Crippen molar-refractivity contribution in [2.45, 2.75) is 130 Å². The average molecular weight is 463 g/mol. The lowest BCUT2D eigenvalue weighted by Crippen LogP contribution is -2.69. The van der Waals surface area contributed by atoms with Crippen LogP contribution in [-0.4, -0.2) is 34.0 Å². The second-order valence-electron chi connectivity index (χ2n) is 13.5. The van der Waals surface area contributed by atoms with Crippen LogP contribution in [0.25, 0.3) is 0 Å². The van der Waals surface area contributed by atoms with Crippen LogP contribution in [0.1, 0.15) is 112 Å². The summed E-state index contributed by atoms with van der Waals surface area (Å²) in [6.45, 7) is 13.4. The lowest BCUT2D eigenvalue weighted by molar-refractivity contribution is -0.269. The molecule has 0 unspecified atom stereocenters. The second kappa shape index (κ2) is 9.12. The normalized spacial score (nSPS) is 48.0. The molecule has 4 fully saturated rings. The third-order valence-electron chi connectivity index (χ3n) is 11.3. The number of carbonyl (C=O) groups is 1. The molecule has 0 aromatic carbocycles. The molecule has 0 spiro atoms. The van der Waals surface area contributed by atoms with Crippen LogP contribution in [0.3, 0.4) is 0 Å². The molecule has 4 aliphatic carbocycles. The number of esters is 1. The van der Waals surface area contributed by atoms with Crippen molar-refractivity contribution in [3.8, 4) is 0 Å². The van der Waals surface area contributed by atoms with Gasteiger partial charge in [0, 0.05) is 18.8 Å². The standard InChI is InChI=1S/C29H50O4/c1-18(2)8-7-9-19(3)23-10-11-24-22-16-26(33-20(4)30)29(32)17-21(31)12-15-28(29,6)25(22)13-14-27(23,24)5/h18-19,21-26,31-32H,7-17H2,1-6H3/t19-,21+,22+,23-,24-,25-,26-,27-,28-,29+/m1/s1. The van der Waals surface area contributed by atoms with Gasteiger partial charge in [0.2, 0.25) is 0 Å². The van der Waals surface area contributed by atoms with Gasteiger partial charge in [0.05, 0.1) is 6.10 Å². The van der Waals surface area contributed by atoms with Crippen LogP contribution in [0.2, 0.25) is 0 Å². The van der Waals surface area contributed by atoms with Gasteiger partial charge in [0.15, 0.2) is 0 Å². The summed E-state index contributed by atoms with van der Waals surface area (Å²) >= 11 is 0. The summed E-state index contributed by atoms with van der Waals surface area (Å²) in [7, 11) is 0. The Morgan fingerprint density at radius 3 is 2.42 bits per heavy atom. The van der Waals surface area contributed by atoms with Crippen molar-refractivity contribution in [1.29, 1.82) is 0 Å². The Labute approximate surface area is 202 Å². The first kappa shape index (κ1) is 25.5. The van der Waals surface area contributed by atoms with Crippen LogP contribution in [0.4, 0.5) is 0 Å². The van der Waals surface area contributed by atoms with Gasteiger partial charge in [-0.05, 0) is 85.9 Å². The summed E-state index contributed by atoms with van der Waals surface area (Å²) in [6.07, 6.45) is 10.7. The number of fused-ring (bicyclic) bond motifs is 5. The Morgan fingerprint density at radius 1 is 1.03 bits per heavy atom. The number of aliphatic hydroxyl groups excluding tert-OH is 1. The quantitative estimate of drug-likeness (QED) is 0.466. The van der Waals surface area contributed by atoms with Crippen LogP contribution in [0.5, 0.6) is 0 Å². The maximum absolute atomic E-state index is 12.1. The van der Waals surface area contributed by atoms with Crippen molar-refractivity contribution in [2.24, 2.45) is 46.3 Å². The van der Waals surface area contributed by atoms with Crippen LogP contribution >= 0.6 is 0 Å². The highest BCUT2D eigenvalue weighted by Crippen LogP contribution is 2.69. The Balaban J connectivity index is 1.58. The molecule has 0 heterocycles. The molecular weight excluding hydrogens is 412 g/mol. The van der Waals surface area contributed by atoms with Crippen molar-refractivity contribution >= 4 is 5.97 Å². The van der Waals surface area contributed by atoms with Gasteiger partial charge >= 0.3 is 5.97 Å². The molecule has 0 aliphatic heterocycles. The summed E-state index contributed by atoms with van der Waals surface area (Å²) in [5, 5.41) is 22.5. The smallest absolute Gasteiger partial charge is 0.303 e. The van der Waals surface area contributed by atoms with Crippen molar-refractivity contribution in [3.05, 3.63) is 0 Å². The fraction of sp³-hybridized carbons (Fsp3) is 0.966. The molecule has 190 valence electrons. The van der Waals surface area contributed by atoms with E-state index in [-0.39, 0.29) is 11.4 Å². The van der Waals surface area contributed by atoms with Gasteiger partial charge in [-0.25, -0.2) is 0 Å². The fourth-order valence-corrected chi connectivity index (χ4v) is 9.60. The molecule has 33 heavy (non-hydrogen) atoms. The minimum Gasteiger partial charge on any atom is -0.459 e. The van der Waals surface area contributed by atoms with Gasteiger partial charge in [-0.2, -0.15) is 0 Å². The van der Waals surface area contributed by atoms with E-state index in [9.17, 15) is 15.0 Å². The zero-order valence-corrected chi connectivity index (χ0v) is 22.1. The minimum atomic E-state index is -1.12. The predicted molar refractivity (Wildman–Crippen MR) is 131 cm³/mol. The highest BCUT2D eigenvalue weighted by molar-refractivity contribution is 5.66. The largest absolute Gasteiger partial charge is 0.459 e. The van der Waals surface area contributed by atoms with Gasteiger partial charge in [-0.3, -0.25) is 4.79 Å². The minimum absolute atomic E-state index is 0.294. The molecule has 4 aliphatic rings. The van der Waals surface area contributed by atoms with Crippen LogP contribution < -0.4 is 0 Å². The first-order chi connectivity index (χ1) is 15.4. The van der Waals surface area contributed by atoms with E-state index in [4.69, 9.17) is 4.74 Å². The van der Waals surface area contributed by atoms with Gasteiger partial charge in [-0.1, -0.05) is 53.9 Å². The molecule has 2 N–H and O–H groups in total. The Bertz CT molecular complexity index is 720. The summed E-state index contributed by atoms with van der Waals surface area (Å²) in [5.41, 5.74) is -1.05. The molecular formula is C29H50O4. The Kier molecular flexibility index (Phi) is 7.04. The first-order valence-corrected chi connectivity index (χ1v) is 14.0. The first-order valence-electron chi connectivity index (χ1n) is 14.0. The molecule has 4 heteroatoms. The lowest BCUT2D eigenvalue weighted by Gasteiger charge is -2.65. The second-order valence-corrected chi connectivity index (χ2v) is 13.5. The van der Waals surface area contributed by atoms with Crippen molar-refractivity contribution < 1.29 is 19.7 Å². The molecule has 10 atom stereocenters. The van der Waals surface area contributed by atoms with Crippen LogP contribution in [0, 0.1) is 46.3 Å². The molecule has 0 aromatic heterocycles. The topological polar surface area (TPSA) is 66.8 Å². The summed E-state index contributed by atoms with van der Waals surface area (Å²) < 4.78 is 5.86. The summed E-state index contributed by atoms with van der Waals surface area (Å²) in [5.74, 6) is 3.63.